The minimum atomic E-state index is 0.455. The second kappa shape index (κ2) is 6.80. The van der Waals surface area contributed by atoms with Crippen molar-refractivity contribution in [1.82, 2.24) is 5.32 Å². The molecule has 3 atom stereocenters. The molecule has 1 fully saturated rings. The second-order valence-corrected chi connectivity index (χ2v) is 7.05. The van der Waals surface area contributed by atoms with Crippen molar-refractivity contribution in [3.8, 4) is 0 Å². The Morgan fingerprint density at radius 1 is 1.50 bits per heavy atom. The van der Waals surface area contributed by atoms with Crippen molar-refractivity contribution < 1.29 is 4.74 Å². The molecule has 104 valence electrons. The molecule has 2 heterocycles. The van der Waals surface area contributed by atoms with Crippen LogP contribution in [0, 0.1) is 11.8 Å². The molecule has 0 spiro atoms. The Hall–Kier alpha value is -0.220. The summed E-state index contributed by atoms with van der Waals surface area (Å²) in [6.07, 6.45) is 4.04. The van der Waals surface area contributed by atoms with Crippen LogP contribution in [0.4, 0.5) is 0 Å². The van der Waals surface area contributed by atoms with Crippen molar-refractivity contribution in [1.29, 1.82) is 0 Å². The number of hydrogen-bond acceptors (Lipinski definition) is 4. The molecule has 2 aliphatic rings. The Morgan fingerprint density at radius 3 is 3.06 bits per heavy atom. The van der Waals surface area contributed by atoms with Crippen molar-refractivity contribution >= 4 is 16.9 Å². The van der Waals surface area contributed by atoms with Crippen LogP contribution in [0.25, 0.3) is 0 Å². The zero-order valence-corrected chi connectivity index (χ0v) is 12.6. The largest absolute Gasteiger partial charge is 0.378 e. The second-order valence-electron chi connectivity index (χ2n) is 5.76. The maximum atomic E-state index is 5.72. The van der Waals surface area contributed by atoms with Gasteiger partial charge in [-0.1, -0.05) is 32.5 Å². The number of nitrogens with one attached hydrogen (secondary N) is 1. The van der Waals surface area contributed by atoms with Gasteiger partial charge in [-0.2, -0.15) is 0 Å². The molecule has 0 aliphatic carbocycles. The molecule has 0 bridgehead atoms. The van der Waals surface area contributed by atoms with Gasteiger partial charge in [0.25, 0.3) is 0 Å². The lowest BCUT2D eigenvalue weighted by atomic mass is 10.00. The van der Waals surface area contributed by atoms with Crippen LogP contribution in [0.15, 0.2) is 4.99 Å². The third-order valence-electron chi connectivity index (χ3n) is 3.72. The van der Waals surface area contributed by atoms with E-state index in [9.17, 15) is 0 Å². The molecule has 3 unspecified atom stereocenters. The third-order valence-corrected chi connectivity index (χ3v) is 4.89. The average Bonchev–Trinajstić information content (AvgIpc) is 2.93. The predicted molar refractivity (Wildman–Crippen MR) is 79.3 cm³/mol. The molecule has 0 aromatic heterocycles. The van der Waals surface area contributed by atoms with Gasteiger partial charge in [0, 0.05) is 24.3 Å². The number of thioether (sulfide) groups is 1. The monoisotopic (exact) mass is 270 g/mol. The Bertz CT molecular complexity index is 294. The lowest BCUT2D eigenvalue weighted by Gasteiger charge is -2.18. The summed E-state index contributed by atoms with van der Waals surface area (Å²) in [5.74, 6) is 1.44. The van der Waals surface area contributed by atoms with Gasteiger partial charge < -0.3 is 10.1 Å². The van der Waals surface area contributed by atoms with Crippen LogP contribution in [0.1, 0.15) is 40.0 Å². The van der Waals surface area contributed by atoms with E-state index in [1.165, 1.54) is 12.8 Å². The first-order valence-corrected chi connectivity index (χ1v) is 8.13. The molecule has 0 aromatic carbocycles. The molecular formula is C14H26N2OS. The van der Waals surface area contributed by atoms with Gasteiger partial charge in [-0.25, -0.2) is 0 Å². The zero-order valence-electron chi connectivity index (χ0n) is 11.8. The molecule has 0 aromatic rings. The molecule has 0 saturated carbocycles. The lowest BCUT2D eigenvalue weighted by molar-refractivity contribution is 0.0883. The fourth-order valence-electron chi connectivity index (χ4n) is 2.76. The summed E-state index contributed by atoms with van der Waals surface area (Å²) < 4.78 is 5.72. The van der Waals surface area contributed by atoms with Gasteiger partial charge in [0.15, 0.2) is 5.17 Å². The Balaban J connectivity index is 1.69. The van der Waals surface area contributed by atoms with E-state index in [-0.39, 0.29) is 0 Å². The summed E-state index contributed by atoms with van der Waals surface area (Å²) in [4.78, 5) is 4.61. The van der Waals surface area contributed by atoms with Crippen molar-refractivity contribution in [2.45, 2.75) is 51.4 Å². The molecular weight excluding hydrogens is 244 g/mol. The van der Waals surface area contributed by atoms with E-state index in [4.69, 9.17) is 4.74 Å². The van der Waals surface area contributed by atoms with E-state index in [2.05, 4.69) is 31.1 Å². The van der Waals surface area contributed by atoms with E-state index in [0.717, 1.165) is 37.2 Å². The molecule has 2 rings (SSSR count). The summed E-state index contributed by atoms with van der Waals surface area (Å²) in [5.41, 5.74) is 0. The van der Waals surface area contributed by atoms with E-state index >= 15 is 0 Å². The van der Waals surface area contributed by atoms with Crippen LogP contribution >= 0.6 is 11.8 Å². The number of hydrogen-bond donors (Lipinski definition) is 1. The van der Waals surface area contributed by atoms with Gasteiger partial charge in [-0.05, 0) is 25.2 Å². The molecule has 18 heavy (non-hydrogen) atoms. The van der Waals surface area contributed by atoms with Crippen LogP contribution in [0.2, 0.25) is 0 Å². The number of rotatable bonds is 5. The van der Waals surface area contributed by atoms with E-state index in [0.29, 0.717) is 17.3 Å². The quantitative estimate of drug-likeness (QED) is 0.834. The molecule has 3 nitrogen and oxygen atoms in total. The number of ether oxygens (including phenoxy) is 1. The third kappa shape index (κ3) is 3.89. The fourth-order valence-corrected chi connectivity index (χ4v) is 4.02. The van der Waals surface area contributed by atoms with Crippen LogP contribution < -0.4 is 5.32 Å². The highest BCUT2D eigenvalue weighted by atomic mass is 32.2. The predicted octanol–water partition coefficient (Wildman–Crippen LogP) is 2.91. The zero-order chi connectivity index (χ0) is 13.0. The summed E-state index contributed by atoms with van der Waals surface area (Å²) in [5, 5.41) is 5.37. The summed E-state index contributed by atoms with van der Waals surface area (Å²) in [6, 6.07) is 0. The highest BCUT2D eigenvalue weighted by Gasteiger charge is 2.27. The van der Waals surface area contributed by atoms with Crippen LogP contribution in [0.3, 0.4) is 0 Å². The summed E-state index contributed by atoms with van der Waals surface area (Å²) in [6.45, 7) is 9.73. The van der Waals surface area contributed by atoms with E-state index in [1.54, 1.807) is 0 Å². The maximum Gasteiger partial charge on any atom is 0.156 e. The topological polar surface area (TPSA) is 33.6 Å². The van der Waals surface area contributed by atoms with Gasteiger partial charge >= 0.3 is 0 Å². The van der Waals surface area contributed by atoms with Gasteiger partial charge in [0.2, 0.25) is 0 Å². The fraction of sp³-hybridized carbons (Fsp3) is 0.929. The van der Waals surface area contributed by atoms with Crippen LogP contribution in [-0.4, -0.2) is 36.2 Å². The van der Waals surface area contributed by atoms with Crippen molar-refractivity contribution in [2.24, 2.45) is 16.8 Å². The molecule has 2 aliphatic heterocycles. The molecule has 0 radical (unpaired) electrons. The Labute approximate surface area is 115 Å². The highest BCUT2D eigenvalue weighted by molar-refractivity contribution is 8.14. The number of aliphatic imine (C=N–C) groups is 1. The van der Waals surface area contributed by atoms with Crippen LogP contribution in [-0.2, 0) is 4.74 Å². The van der Waals surface area contributed by atoms with E-state index < -0.39 is 0 Å². The first-order chi connectivity index (χ1) is 8.69. The smallest absolute Gasteiger partial charge is 0.156 e. The summed E-state index contributed by atoms with van der Waals surface area (Å²) >= 11 is 1.93. The summed E-state index contributed by atoms with van der Waals surface area (Å²) in [7, 11) is 0. The first kappa shape index (κ1) is 14.2. The molecule has 1 saturated heterocycles. The number of amidine groups is 1. The highest BCUT2D eigenvalue weighted by Crippen LogP contribution is 2.27. The van der Waals surface area contributed by atoms with Crippen molar-refractivity contribution in [2.75, 3.05) is 19.7 Å². The first-order valence-electron chi connectivity index (χ1n) is 7.25. The van der Waals surface area contributed by atoms with Crippen LogP contribution in [0.5, 0.6) is 0 Å². The molecule has 4 heteroatoms. The van der Waals surface area contributed by atoms with Gasteiger partial charge in [0.05, 0.1) is 12.6 Å². The molecule has 0 amide bonds. The Morgan fingerprint density at radius 2 is 2.33 bits per heavy atom. The Kier molecular flexibility index (Phi) is 5.37. The lowest BCUT2D eigenvalue weighted by Crippen LogP contribution is -2.30. The van der Waals surface area contributed by atoms with Gasteiger partial charge in [-0.3, -0.25) is 4.99 Å². The minimum absolute atomic E-state index is 0.455. The standard InChI is InChI=1S/C14H26N2OS/c1-4-13-11(5-6-17-13)8-15-14-16-9-12(18-14)7-10(2)3/h10-13H,4-9H2,1-3H3,(H,15,16). The van der Waals surface area contributed by atoms with Crippen molar-refractivity contribution in [3.63, 3.8) is 0 Å². The SMILES string of the molecule is CCC1OCCC1CNC1=NCC(CC(C)C)S1. The van der Waals surface area contributed by atoms with Gasteiger partial charge in [-0.15, -0.1) is 0 Å². The number of nitrogens with zero attached hydrogens (tertiary/aromatic N) is 1. The minimum Gasteiger partial charge on any atom is -0.378 e. The van der Waals surface area contributed by atoms with E-state index in [1.807, 2.05) is 11.8 Å². The van der Waals surface area contributed by atoms with Crippen molar-refractivity contribution in [3.05, 3.63) is 0 Å². The average molecular weight is 270 g/mol. The normalized spacial score (nSPS) is 32.0. The maximum absolute atomic E-state index is 5.72. The van der Waals surface area contributed by atoms with Gasteiger partial charge in [0.1, 0.15) is 0 Å². The molecule has 1 N–H and O–H groups in total.